The average Bonchev–Trinajstić information content (AvgIpc) is 3.91. The van der Waals surface area contributed by atoms with Crippen LogP contribution in [-0.2, 0) is 0 Å². The first-order valence-electron chi connectivity index (χ1n) is 15.7. The van der Waals surface area contributed by atoms with Crippen molar-refractivity contribution in [1.82, 2.24) is 19.9 Å². The highest BCUT2D eigenvalue weighted by atomic mass is 16.3. The molecule has 6 heteroatoms. The van der Waals surface area contributed by atoms with Gasteiger partial charge in [-0.1, -0.05) is 91.0 Å². The average molecular weight is 619 g/mol. The molecule has 4 aromatic heterocycles. The van der Waals surface area contributed by atoms with Gasteiger partial charge in [-0.15, -0.1) is 0 Å². The quantitative estimate of drug-likeness (QED) is 0.173. The maximum atomic E-state index is 5.55. The molecule has 0 aliphatic carbocycles. The predicted molar refractivity (Wildman–Crippen MR) is 190 cm³/mol. The van der Waals surface area contributed by atoms with Crippen molar-refractivity contribution in [2.24, 2.45) is 0 Å². The van der Waals surface area contributed by atoms with Gasteiger partial charge in [0.2, 0.25) is 11.8 Å². The summed E-state index contributed by atoms with van der Waals surface area (Å²) in [6.07, 6.45) is 10.1. The summed E-state index contributed by atoms with van der Waals surface area (Å²) in [6.45, 7) is 0. The first-order valence-corrected chi connectivity index (χ1v) is 15.7. The second kappa shape index (κ2) is 11.6. The van der Waals surface area contributed by atoms with Gasteiger partial charge in [0.05, 0.1) is 34.9 Å². The van der Waals surface area contributed by atoms with Crippen molar-refractivity contribution in [3.63, 3.8) is 0 Å². The third kappa shape index (κ3) is 4.75. The number of benzene rings is 5. The molecule has 0 N–H and O–H groups in total. The van der Waals surface area contributed by atoms with Gasteiger partial charge in [0.1, 0.15) is 12.5 Å². The Labute approximate surface area is 276 Å². The largest absolute Gasteiger partial charge is 0.444 e. The van der Waals surface area contributed by atoms with E-state index in [0.29, 0.717) is 11.8 Å². The lowest BCUT2D eigenvalue weighted by molar-refractivity contribution is 0.574. The number of oxazole rings is 2. The summed E-state index contributed by atoms with van der Waals surface area (Å²) in [7, 11) is 0. The van der Waals surface area contributed by atoms with Crippen LogP contribution in [0.5, 0.6) is 0 Å². The SMILES string of the molecule is c1ccc(-c2ccccc2-c2ccc3c(-c4ccc(-c5ncco5)cn4)c4ccccc4c(-c4ccc(-c5ncco5)cn4)c3c2)cc1. The van der Waals surface area contributed by atoms with Gasteiger partial charge < -0.3 is 8.83 Å². The van der Waals surface area contributed by atoms with Crippen LogP contribution in [0.1, 0.15) is 0 Å². The molecule has 0 saturated heterocycles. The molecule has 9 rings (SSSR count). The van der Waals surface area contributed by atoms with Crippen LogP contribution < -0.4 is 0 Å². The number of rotatable bonds is 6. The topological polar surface area (TPSA) is 77.8 Å². The van der Waals surface area contributed by atoms with Crippen LogP contribution in [-0.4, -0.2) is 19.9 Å². The van der Waals surface area contributed by atoms with E-state index in [4.69, 9.17) is 18.8 Å². The third-order valence-corrected chi connectivity index (χ3v) is 8.74. The van der Waals surface area contributed by atoms with Crippen LogP contribution in [0.3, 0.4) is 0 Å². The van der Waals surface area contributed by atoms with Gasteiger partial charge in [0.15, 0.2) is 0 Å². The van der Waals surface area contributed by atoms with E-state index < -0.39 is 0 Å². The molecule has 0 radical (unpaired) electrons. The van der Waals surface area contributed by atoms with E-state index in [1.807, 2.05) is 36.7 Å². The molecule has 0 aliphatic heterocycles. The Morgan fingerprint density at radius 2 is 0.875 bits per heavy atom. The molecular weight excluding hydrogens is 592 g/mol. The molecule has 0 unspecified atom stereocenters. The Balaban J connectivity index is 1.31. The summed E-state index contributed by atoms with van der Waals surface area (Å²) in [5.41, 5.74) is 10.1. The number of hydrogen-bond donors (Lipinski definition) is 0. The number of pyridine rings is 2. The Morgan fingerprint density at radius 3 is 1.42 bits per heavy atom. The van der Waals surface area contributed by atoms with Crippen molar-refractivity contribution in [3.05, 3.63) is 159 Å². The van der Waals surface area contributed by atoms with Crippen molar-refractivity contribution < 1.29 is 8.83 Å². The van der Waals surface area contributed by atoms with Crippen LogP contribution in [0.4, 0.5) is 0 Å². The molecule has 0 bridgehead atoms. The maximum absolute atomic E-state index is 5.55. The van der Waals surface area contributed by atoms with E-state index in [0.717, 1.165) is 66.3 Å². The van der Waals surface area contributed by atoms with Crippen LogP contribution in [0.2, 0.25) is 0 Å². The van der Waals surface area contributed by atoms with Gasteiger partial charge in [-0.3, -0.25) is 9.97 Å². The summed E-state index contributed by atoms with van der Waals surface area (Å²) >= 11 is 0. The van der Waals surface area contributed by atoms with E-state index in [1.165, 1.54) is 11.1 Å². The number of aromatic nitrogens is 4. The van der Waals surface area contributed by atoms with Crippen molar-refractivity contribution in [2.45, 2.75) is 0 Å². The minimum atomic E-state index is 0.540. The second-order valence-electron chi connectivity index (χ2n) is 11.5. The molecule has 0 saturated carbocycles. The molecule has 4 heterocycles. The summed E-state index contributed by atoms with van der Waals surface area (Å²) in [5.74, 6) is 1.08. The van der Waals surface area contributed by atoms with Gasteiger partial charge in [-0.05, 0) is 74.1 Å². The summed E-state index contributed by atoms with van der Waals surface area (Å²) in [6, 6.07) is 42.4. The van der Waals surface area contributed by atoms with E-state index in [-0.39, 0.29) is 0 Å². The van der Waals surface area contributed by atoms with Crippen LogP contribution in [0, 0.1) is 0 Å². The molecule has 0 aliphatic rings. The van der Waals surface area contributed by atoms with E-state index >= 15 is 0 Å². The van der Waals surface area contributed by atoms with Crippen molar-refractivity contribution in [2.75, 3.05) is 0 Å². The Morgan fingerprint density at radius 1 is 0.375 bits per heavy atom. The molecule has 6 nitrogen and oxygen atoms in total. The Bertz CT molecular complexity index is 2520. The zero-order valence-electron chi connectivity index (χ0n) is 25.6. The second-order valence-corrected chi connectivity index (χ2v) is 11.5. The standard InChI is InChI=1S/C42H26N4O2/c1-2-8-27(9-3-1)31-10-4-5-11-32(31)28-14-17-35-36(24-28)40(38-19-16-30(26-46-38)42-44-21-23-48-42)34-13-7-6-12-33(34)39(35)37-18-15-29(25-45-37)41-43-20-22-47-41/h1-26H. The van der Waals surface area contributed by atoms with Crippen molar-refractivity contribution in [1.29, 1.82) is 0 Å². The Kier molecular flexibility index (Phi) is 6.68. The van der Waals surface area contributed by atoms with Gasteiger partial charge in [-0.25, -0.2) is 9.97 Å². The van der Waals surface area contributed by atoms with Crippen molar-refractivity contribution in [3.8, 4) is 67.7 Å². The van der Waals surface area contributed by atoms with E-state index in [2.05, 4.69) is 107 Å². The van der Waals surface area contributed by atoms with Gasteiger partial charge in [-0.2, -0.15) is 0 Å². The third-order valence-electron chi connectivity index (χ3n) is 8.74. The molecule has 5 aromatic carbocycles. The minimum Gasteiger partial charge on any atom is -0.444 e. The smallest absolute Gasteiger partial charge is 0.227 e. The monoisotopic (exact) mass is 618 g/mol. The highest BCUT2D eigenvalue weighted by Gasteiger charge is 2.20. The van der Waals surface area contributed by atoms with E-state index in [1.54, 1.807) is 24.9 Å². The van der Waals surface area contributed by atoms with Gasteiger partial charge in [0.25, 0.3) is 0 Å². The molecule has 0 atom stereocenters. The maximum Gasteiger partial charge on any atom is 0.227 e. The molecule has 0 fully saturated rings. The number of fused-ring (bicyclic) bond motifs is 2. The summed E-state index contributed by atoms with van der Waals surface area (Å²) in [4.78, 5) is 18.5. The van der Waals surface area contributed by atoms with Crippen LogP contribution in [0.25, 0.3) is 89.2 Å². The predicted octanol–water partition coefficient (Wildman–Crippen LogP) is 10.8. The lowest BCUT2D eigenvalue weighted by Gasteiger charge is -2.18. The molecule has 0 spiro atoms. The fourth-order valence-electron chi connectivity index (χ4n) is 6.57. The summed E-state index contributed by atoms with van der Waals surface area (Å²) in [5, 5.41) is 4.34. The number of hydrogen-bond acceptors (Lipinski definition) is 6. The minimum absolute atomic E-state index is 0.540. The lowest BCUT2D eigenvalue weighted by atomic mass is 9.86. The first-order chi connectivity index (χ1) is 23.8. The fourth-order valence-corrected chi connectivity index (χ4v) is 6.57. The molecule has 0 amide bonds. The van der Waals surface area contributed by atoms with Gasteiger partial charge >= 0.3 is 0 Å². The highest BCUT2D eigenvalue weighted by Crippen LogP contribution is 2.45. The van der Waals surface area contributed by atoms with Crippen LogP contribution >= 0.6 is 0 Å². The van der Waals surface area contributed by atoms with Gasteiger partial charge in [0, 0.05) is 23.5 Å². The fraction of sp³-hybridized carbons (Fsp3) is 0. The first kappa shape index (κ1) is 27.6. The highest BCUT2D eigenvalue weighted by molar-refractivity contribution is 6.21. The normalized spacial score (nSPS) is 11.3. The van der Waals surface area contributed by atoms with E-state index in [9.17, 15) is 0 Å². The lowest BCUT2D eigenvalue weighted by Crippen LogP contribution is -1.95. The molecule has 9 aromatic rings. The Hall–Kier alpha value is -6.66. The molecular formula is C42H26N4O2. The number of nitrogens with zero attached hydrogens (tertiary/aromatic N) is 4. The zero-order valence-corrected chi connectivity index (χ0v) is 25.6. The summed E-state index contributed by atoms with van der Waals surface area (Å²) < 4.78 is 11.1. The zero-order chi connectivity index (χ0) is 31.9. The molecule has 226 valence electrons. The molecule has 48 heavy (non-hydrogen) atoms. The van der Waals surface area contributed by atoms with Crippen LogP contribution in [0.15, 0.2) is 167 Å². The van der Waals surface area contributed by atoms with Crippen molar-refractivity contribution >= 4 is 21.5 Å².